The molecule has 0 aromatic heterocycles. The van der Waals surface area contributed by atoms with Gasteiger partial charge < -0.3 is 0 Å². The molecule has 0 amide bonds. The minimum absolute atomic E-state index is 0.178. The molecule has 0 aliphatic heterocycles. The Morgan fingerprint density at radius 2 is 1.57 bits per heavy atom. The lowest BCUT2D eigenvalue weighted by Gasteiger charge is -2.10. The molecule has 0 aromatic carbocycles. The second-order valence-corrected chi connectivity index (χ2v) is 2.20. The lowest BCUT2D eigenvalue weighted by atomic mass is 10.1. The highest BCUT2D eigenvalue weighted by Gasteiger charge is 2.32. The highest BCUT2D eigenvalue weighted by atomic mass is 19.4. The van der Waals surface area contributed by atoms with Gasteiger partial charge in [0, 0.05) is 0 Å². The van der Waals surface area contributed by atoms with Crippen LogP contribution in [0, 0.1) is 0 Å². The largest absolute Gasteiger partial charge is 0.416 e. The Morgan fingerprint density at radius 3 is 1.64 bits per heavy atom. The lowest BCUT2D eigenvalue weighted by molar-refractivity contribution is -0.0888. The summed E-state index contributed by atoms with van der Waals surface area (Å²) >= 11 is 0. The van der Waals surface area contributed by atoms with Gasteiger partial charge in [0.05, 0.1) is 5.57 Å². The predicted molar refractivity (Wildman–Crippen MR) is 55.1 cm³/mol. The van der Waals surface area contributed by atoms with E-state index in [1.54, 1.807) is 6.92 Å². The Morgan fingerprint density at radius 1 is 1.14 bits per heavy atom. The predicted octanol–water partition coefficient (Wildman–Crippen LogP) is 4.65. The van der Waals surface area contributed by atoms with E-state index in [9.17, 15) is 13.2 Å². The number of hydrogen-bond donors (Lipinski definition) is 0. The smallest absolute Gasteiger partial charge is 0.166 e. The third-order valence-electron chi connectivity index (χ3n) is 1.48. The fourth-order valence-corrected chi connectivity index (χ4v) is 0.874. The van der Waals surface area contributed by atoms with Gasteiger partial charge >= 0.3 is 6.18 Å². The SMILES string of the molecule is C=C/C(CC)=C(\C=C)C(F)(F)F.CC. The second-order valence-electron chi connectivity index (χ2n) is 2.20. The maximum Gasteiger partial charge on any atom is 0.416 e. The molecule has 0 aliphatic carbocycles. The third kappa shape index (κ3) is 4.90. The first kappa shape index (κ1) is 15.5. The summed E-state index contributed by atoms with van der Waals surface area (Å²) in [6.45, 7) is 12.1. The van der Waals surface area contributed by atoms with Crippen molar-refractivity contribution in [3.8, 4) is 0 Å². The van der Waals surface area contributed by atoms with Gasteiger partial charge in [0.25, 0.3) is 0 Å². The molecule has 0 N–H and O–H groups in total. The molecule has 0 bridgehead atoms. The van der Waals surface area contributed by atoms with Gasteiger partial charge in [-0.2, -0.15) is 13.2 Å². The van der Waals surface area contributed by atoms with E-state index in [0.29, 0.717) is 6.42 Å². The second kappa shape index (κ2) is 7.42. The quantitative estimate of drug-likeness (QED) is 0.589. The molecule has 0 atom stereocenters. The average molecular weight is 206 g/mol. The number of rotatable bonds is 3. The van der Waals surface area contributed by atoms with Crippen molar-refractivity contribution in [2.75, 3.05) is 0 Å². The molecule has 0 aliphatic rings. The van der Waals surface area contributed by atoms with E-state index in [-0.39, 0.29) is 5.57 Å². The standard InChI is InChI=1S/C9H11F3.C2H6/c1-4-7(5-2)8(6-3)9(10,11)12;1-2/h4,6H,1,3,5H2,2H3;1-2H3/b8-7-;. The van der Waals surface area contributed by atoms with Crippen molar-refractivity contribution in [2.45, 2.75) is 33.4 Å². The summed E-state index contributed by atoms with van der Waals surface area (Å²) in [6, 6.07) is 0. The zero-order valence-electron chi connectivity index (χ0n) is 8.91. The van der Waals surface area contributed by atoms with E-state index in [4.69, 9.17) is 0 Å². The van der Waals surface area contributed by atoms with Crippen LogP contribution < -0.4 is 0 Å². The van der Waals surface area contributed by atoms with Crippen LogP contribution in [0.1, 0.15) is 27.2 Å². The van der Waals surface area contributed by atoms with Crippen molar-refractivity contribution in [3.05, 3.63) is 36.5 Å². The molecular weight excluding hydrogens is 189 g/mol. The van der Waals surface area contributed by atoms with Crippen molar-refractivity contribution in [1.29, 1.82) is 0 Å². The van der Waals surface area contributed by atoms with E-state index in [2.05, 4.69) is 13.2 Å². The number of alkyl halides is 3. The minimum Gasteiger partial charge on any atom is -0.166 e. The van der Waals surface area contributed by atoms with Crippen LogP contribution in [0.15, 0.2) is 36.5 Å². The fraction of sp³-hybridized carbons (Fsp3) is 0.455. The summed E-state index contributed by atoms with van der Waals surface area (Å²) in [5.74, 6) is 0. The van der Waals surface area contributed by atoms with Gasteiger partial charge in [0.1, 0.15) is 0 Å². The first-order valence-corrected chi connectivity index (χ1v) is 4.52. The first-order chi connectivity index (χ1) is 6.47. The molecule has 0 fully saturated rings. The zero-order chi connectivity index (χ0) is 11.8. The van der Waals surface area contributed by atoms with Crippen molar-refractivity contribution < 1.29 is 13.2 Å². The molecule has 14 heavy (non-hydrogen) atoms. The van der Waals surface area contributed by atoms with E-state index in [0.717, 1.165) is 6.08 Å². The normalized spacial score (nSPS) is 12.1. The molecule has 0 saturated heterocycles. The molecule has 0 saturated carbocycles. The van der Waals surface area contributed by atoms with Gasteiger partial charge in [-0.05, 0) is 12.0 Å². The van der Waals surface area contributed by atoms with Gasteiger partial charge in [-0.15, -0.1) is 0 Å². The van der Waals surface area contributed by atoms with Crippen molar-refractivity contribution in [1.82, 2.24) is 0 Å². The van der Waals surface area contributed by atoms with Crippen LogP contribution in [0.25, 0.3) is 0 Å². The Kier molecular flexibility index (Phi) is 8.20. The lowest BCUT2D eigenvalue weighted by Crippen LogP contribution is -2.11. The molecule has 0 radical (unpaired) electrons. The van der Waals surface area contributed by atoms with Crippen LogP contribution >= 0.6 is 0 Å². The Labute approximate surface area is 83.8 Å². The summed E-state index contributed by atoms with van der Waals surface area (Å²) in [5, 5.41) is 0. The van der Waals surface area contributed by atoms with E-state index in [1.807, 2.05) is 13.8 Å². The average Bonchev–Trinajstić information content (AvgIpc) is 2.15. The number of halogens is 3. The summed E-state index contributed by atoms with van der Waals surface area (Å²) in [7, 11) is 0. The van der Waals surface area contributed by atoms with Crippen molar-refractivity contribution in [2.24, 2.45) is 0 Å². The Bertz CT molecular complexity index is 209. The maximum absolute atomic E-state index is 12.2. The highest BCUT2D eigenvalue weighted by molar-refractivity contribution is 5.34. The van der Waals surface area contributed by atoms with Crippen LogP contribution in [0.3, 0.4) is 0 Å². The Hall–Kier alpha value is -0.990. The molecule has 0 nitrogen and oxygen atoms in total. The van der Waals surface area contributed by atoms with E-state index in [1.165, 1.54) is 6.08 Å². The highest BCUT2D eigenvalue weighted by Crippen LogP contribution is 2.30. The maximum atomic E-state index is 12.2. The minimum atomic E-state index is -4.32. The van der Waals surface area contributed by atoms with Crippen LogP contribution in [0.2, 0.25) is 0 Å². The number of hydrogen-bond acceptors (Lipinski definition) is 0. The van der Waals surface area contributed by atoms with Crippen LogP contribution in [-0.2, 0) is 0 Å². The molecule has 3 heteroatoms. The summed E-state index contributed by atoms with van der Waals surface area (Å²) in [5.41, 5.74) is -0.516. The fourth-order valence-electron chi connectivity index (χ4n) is 0.874. The summed E-state index contributed by atoms with van der Waals surface area (Å²) in [6.07, 6.45) is -1.98. The van der Waals surface area contributed by atoms with E-state index >= 15 is 0 Å². The molecule has 82 valence electrons. The van der Waals surface area contributed by atoms with Gasteiger partial charge in [-0.25, -0.2) is 0 Å². The monoisotopic (exact) mass is 206 g/mol. The van der Waals surface area contributed by atoms with Crippen molar-refractivity contribution >= 4 is 0 Å². The van der Waals surface area contributed by atoms with Gasteiger partial charge in [0.15, 0.2) is 0 Å². The molecule has 0 heterocycles. The van der Waals surface area contributed by atoms with Crippen LogP contribution in [0.5, 0.6) is 0 Å². The van der Waals surface area contributed by atoms with Gasteiger partial charge in [-0.1, -0.05) is 46.1 Å². The van der Waals surface area contributed by atoms with Gasteiger partial charge in [-0.3, -0.25) is 0 Å². The molecule has 0 rings (SSSR count). The van der Waals surface area contributed by atoms with Gasteiger partial charge in [0.2, 0.25) is 0 Å². The third-order valence-corrected chi connectivity index (χ3v) is 1.48. The van der Waals surface area contributed by atoms with Crippen LogP contribution in [0.4, 0.5) is 13.2 Å². The Balaban J connectivity index is 0. The zero-order valence-corrected chi connectivity index (χ0v) is 8.91. The first-order valence-electron chi connectivity index (χ1n) is 4.52. The number of allylic oxidation sites excluding steroid dienone is 4. The summed E-state index contributed by atoms with van der Waals surface area (Å²) in [4.78, 5) is 0. The van der Waals surface area contributed by atoms with E-state index < -0.39 is 11.7 Å². The molecule has 0 aromatic rings. The van der Waals surface area contributed by atoms with Crippen LogP contribution in [-0.4, -0.2) is 6.18 Å². The molecule has 0 spiro atoms. The molecular formula is C11H17F3. The molecule has 0 unspecified atom stereocenters. The topological polar surface area (TPSA) is 0 Å². The van der Waals surface area contributed by atoms with Crippen molar-refractivity contribution in [3.63, 3.8) is 0 Å². The summed E-state index contributed by atoms with van der Waals surface area (Å²) < 4.78 is 36.5.